The summed E-state index contributed by atoms with van der Waals surface area (Å²) in [6.07, 6.45) is 2.57. The van der Waals surface area contributed by atoms with Gasteiger partial charge < -0.3 is 5.11 Å². The average Bonchev–Trinajstić information content (AvgIpc) is 2.23. The number of aliphatic hydroxyl groups excluding tert-OH is 1. The van der Waals surface area contributed by atoms with E-state index in [-0.39, 0.29) is 0 Å². The zero-order valence-electron chi connectivity index (χ0n) is 7.44. The maximum atomic E-state index is 8.68. The molecule has 0 radical (unpaired) electrons. The average molecular weight is 205 g/mol. The van der Waals surface area contributed by atoms with Gasteiger partial charge in [0.15, 0.2) is 0 Å². The maximum absolute atomic E-state index is 8.68. The lowest BCUT2D eigenvalue weighted by molar-refractivity contribution is 0.478. The van der Waals surface area contributed by atoms with Crippen LogP contribution in [-0.2, 0) is 0 Å². The van der Waals surface area contributed by atoms with Gasteiger partial charge in [0.1, 0.15) is 0 Å². The lowest BCUT2D eigenvalue weighted by atomic mass is 10.1. The third-order valence-corrected chi connectivity index (χ3v) is 2.57. The molecule has 0 saturated carbocycles. The van der Waals surface area contributed by atoms with Crippen molar-refractivity contribution in [2.45, 2.75) is 0 Å². The van der Waals surface area contributed by atoms with Gasteiger partial charge in [-0.15, -0.1) is 0 Å². The van der Waals surface area contributed by atoms with Gasteiger partial charge in [0.2, 0.25) is 0 Å². The molecule has 0 heterocycles. The molecule has 0 fully saturated rings. The van der Waals surface area contributed by atoms with E-state index in [9.17, 15) is 0 Å². The minimum absolute atomic E-state index is 0.674. The monoisotopic (exact) mass is 204 g/mol. The van der Waals surface area contributed by atoms with Crippen LogP contribution in [0.2, 0.25) is 5.02 Å². The summed E-state index contributed by atoms with van der Waals surface area (Å²) in [5, 5.41) is 11.5. The van der Waals surface area contributed by atoms with E-state index in [1.54, 1.807) is 6.08 Å². The molecule has 0 unspecified atom stereocenters. The molecule has 14 heavy (non-hydrogen) atoms. The van der Waals surface area contributed by atoms with Crippen molar-refractivity contribution in [3.63, 3.8) is 0 Å². The van der Waals surface area contributed by atoms with Crippen molar-refractivity contribution < 1.29 is 5.11 Å². The molecule has 0 aliphatic heterocycles. The predicted octanol–water partition coefficient (Wildman–Crippen LogP) is 4.02. The van der Waals surface area contributed by atoms with Gasteiger partial charge >= 0.3 is 0 Å². The Balaban J connectivity index is 2.75. The zero-order valence-corrected chi connectivity index (χ0v) is 8.20. The quantitative estimate of drug-likeness (QED) is 0.696. The molecular weight excluding hydrogens is 196 g/mol. The van der Waals surface area contributed by atoms with Crippen LogP contribution in [0.1, 0.15) is 5.56 Å². The number of benzene rings is 2. The first-order chi connectivity index (χ1) is 6.83. The van der Waals surface area contributed by atoms with Crippen LogP contribution in [0.15, 0.2) is 42.7 Å². The number of aliphatic hydroxyl groups is 1. The first kappa shape index (κ1) is 9.10. The number of hydrogen-bond acceptors (Lipinski definition) is 1. The zero-order chi connectivity index (χ0) is 9.97. The van der Waals surface area contributed by atoms with E-state index in [0.29, 0.717) is 5.02 Å². The molecule has 2 aromatic carbocycles. The van der Waals surface area contributed by atoms with Gasteiger partial charge in [-0.05, 0) is 17.0 Å². The largest absolute Gasteiger partial charge is 0.516 e. The van der Waals surface area contributed by atoms with Gasteiger partial charge in [-0.25, -0.2) is 0 Å². The number of rotatable bonds is 1. The molecule has 0 atom stereocenters. The number of halogens is 1. The van der Waals surface area contributed by atoms with Crippen LogP contribution < -0.4 is 0 Å². The van der Waals surface area contributed by atoms with Crippen LogP contribution in [0.25, 0.3) is 16.8 Å². The summed E-state index contributed by atoms with van der Waals surface area (Å²) in [5.74, 6) is 0. The topological polar surface area (TPSA) is 20.2 Å². The van der Waals surface area contributed by atoms with E-state index in [1.807, 2.05) is 36.4 Å². The Bertz CT molecular complexity index is 489. The van der Waals surface area contributed by atoms with Crippen molar-refractivity contribution >= 4 is 28.4 Å². The summed E-state index contributed by atoms with van der Waals surface area (Å²) >= 11 is 6.16. The molecule has 2 heteroatoms. The van der Waals surface area contributed by atoms with E-state index >= 15 is 0 Å². The fourth-order valence-corrected chi connectivity index (χ4v) is 1.76. The van der Waals surface area contributed by atoms with Crippen LogP contribution in [-0.4, -0.2) is 5.11 Å². The second-order valence-corrected chi connectivity index (χ2v) is 3.38. The first-order valence-corrected chi connectivity index (χ1v) is 4.69. The van der Waals surface area contributed by atoms with E-state index < -0.39 is 0 Å². The highest BCUT2D eigenvalue weighted by Crippen LogP contribution is 2.27. The van der Waals surface area contributed by atoms with Crippen molar-refractivity contribution in [1.82, 2.24) is 0 Å². The van der Waals surface area contributed by atoms with E-state index in [4.69, 9.17) is 16.7 Å². The molecule has 1 nitrogen and oxygen atoms in total. The Morgan fingerprint density at radius 2 is 1.86 bits per heavy atom. The Hall–Kier alpha value is -1.47. The molecule has 0 aliphatic rings. The maximum Gasteiger partial charge on any atom is 0.0798 e. The highest BCUT2D eigenvalue weighted by Gasteiger charge is 2.01. The van der Waals surface area contributed by atoms with Crippen LogP contribution in [0.4, 0.5) is 0 Å². The van der Waals surface area contributed by atoms with Gasteiger partial charge in [-0.1, -0.05) is 48.0 Å². The van der Waals surface area contributed by atoms with Gasteiger partial charge in [0, 0.05) is 5.39 Å². The molecular formula is C12H9ClO. The highest BCUT2D eigenvalue weighted by molar-refractivity contribution is 6.37. The summed E-state index contributed by atoms with van der Waals surface area (Å²) in [5.41, 5.74) is 0.827. The van der Waals surface area contributed by atoms with E-state index in [2.05, 4.69) is 0 Å². The molecule has 0 saturated heterocycles. The van der Waals surface area contributed by atoms with Crippen molar-refractivity contribution in [3.05, 3.63) is 53.2 Å². The van der Waals surface area contributed by atoms with Crippen molar-refractivity contribution in [3.8, 4) is 0 Å². The molecule has 2 aromatic rings. The molecule has 1 N–H and O–H groups in total. The second-order valence-electron chi connectivity index (χ2n) is 3.01. The van der Waals surface area contributed by atoms with E-state index in [1.165, 1.54) is 0 Å². The van der Waals surface area contributed by atoms with Gasteiger partial charge in [-0.3, -0.25) is 0 Å². The highest BCUT2D eigenvalue weighted by atomic mass is 35.5. The van der Waals surface area contributed by atoms with Crippen LogP contribution in [0, 0.1) is 0 Å². The predicted molar refractivity (Wildman–Crippen MR) is 60.6 cm³/mol. The molecule has 2 rings (SSSR count). The lowest BCUT2D eigenvalue weighted by Gasteiger charge is -2.03. The van der Waals surface area contributed by atoms with Gasteiger partial charge in [-0.2, -0.15) is 0 Å². The standard InChI is InChI=1S/C12H9ClO/c13-12-10(7-8-14)6-5-9-3-1-2-4-11(9)12/h1-8,14H. The second kappa shape index (κ2) is 3.72. The Kier molecular flexibility index (Phi) is 2.42. The van der Waals surface area contributed by atoms with Crippen LogP contribution >= 0.6 is 11.6 Å². The third kappa shape index (κ3) is 1.47. The fraction of sp³-hybridized carbons (Fsp3) is 0. The summed E-state index contributed by atoms with van der Waals surface area (Å²) in [6.45, 7) is 0. The summed E-state index contributed by atoms with van der Waals surface area (Å²) in [7, 11) is 0. The molecule has 0 amide bonds. The Morgan fingerprint density at radius 1 is 1.07 bits per heavy atom. The number of hydrogen-bond donors (Lipinski definition) is 1. The molecule has 0 bridgehead atoms. The molecule has 70 valence electrons. The fourth-order valence-electron chi connectivity index (χ4n) is 1.46. The van der Waals surface area contributed by atoms with Crippen molar-refractivity contribution in [1.29, 1.82) is 0 Å². The Morgan fingerprint density at radius 3 is 2.64 bits per heavy atom. The van der Waals surface area contributed by atoms with Crippen LogP contribution in [0.3, 0.4) is 0 Å². The van der Waals surface area contributed by atoms with Crippen molar-refractivity contribution in [2.75, 3.05) is 0 Å². The normalized spacial score (nSPS) is 11.2. The first-order valence-electron chi connectivity index (χ1n) is 4.31. The SMILES string of the molecule is OC=Cc1ccc2ccccc2c1Cl. The van der Waals surface area contributed by atoms with Gasteiger partial charge in [0.25, 0.3) is 0 Å². The molecule has 0 aromatic heterocycles. The smallest absolute Gasteiger partial charge is 0.0798 e. The summed E-state index contributed by atoms with van der Waals surface area (Å²) in [6, 6.07) is 11.8. The van der Waals surface area contributed by atoms with Crippen molar-refractivity contribution in [2.24, 2.45) is 0 Å². The molecule has 0 spiro atoms. The number of fused-ring (bicyclic) bond motifs is 1. The summed E-state index contributed by atoms with van der Waals surface area (Å²) < 4.78 is 0. The minimum atomic E-state index is 0.674. The minimum Gasteiger partial charge on any atom is -0.516 e. The lowest BCUT2D eigenvalue weighted by Crippen LogP contribution is -1.78. The third-order valence-electron chi connectivity index (χ3n) is 2.15. The molecule has 0 aliphatic carbocycles. The van der Waals surface area contributed by atoms with Gasteiger partial charge in [0.05, 0.1) is 11.3 Å². The Labute approximate surface area is 87.3 Å². The van der Waals surface area contributed by atoms with E-state index in [0.717, 1.165) is 22.6 Å². The van der Waals surface area contributed by atoms with Crippen LogP contribution in [0.5, 0.6) is 0 Å². The summed E-state index contributed by atoms with van der Waals surface area (Å²) in [4.78, 5) is 0.